The van der Waals surface area contributed by atoms with Crippen molar-refractivity contribution in [2.24, 2.45) is 0 Å². The Morgan fingerprint density at radius 1 is 1.19 bits per heavy atom. The van der Waals surface area contributed by atoms with E-state index in [1.165, 1.54) is 25.4 Å². The third kappa shape index (κ3) is 2.31. The topological polar surface area (TPSA) is 49.0 Å². The van der Waals surface area contributed by atoms with Gasteiger partial charge in [-0.15, -0.1) is 0 Å². The summed E-state index contributed by atoms with van der Waals surface area (Å²) in [4.78, 5) is 11.9. The average Bonchev–Trinajstić information content (AvgIpc) is 3.15. The lowest BCUT2D eigenvalue weighted by atomic mass is 10.3. The molecular formula is C15H12FN3O2. The van der Waals surface area contributed by atoms with Gasteiger partial charge in [-0.25, -0.2) is 13.9 Å². The van der Waals surface area contributed by atoms with Crippen LogP contribution < -0.4 is 0 Å². The minimum Gasteiger partial charge on any atom is -0.465 e. The van der Waals surface area contributed by atoms with Crippen LogP contribution in [-0.4, -0.2) is 27.4 Å². The fourth-order valence-corrected chi connectivity index (χ4v) is 2.09. The molecule has 0 saturated heterocycles. The van der Waals surface area contributed by atoms with Gasteiger partial charge in [-0.2, -0.15) is 5.10 Å². The number of carbonyl (C=O) groups excluding carboxylic acids is 1. The van der Waals surface area contributed by atoms with Gasteiger partial charge >= 0.3 is 5.97 Å². The predicted octanol–water partition coefficient (Wildman–Crippen LogP) is 2.59. The molecule has 106 valence electrons. The van der Waals surface area contributed by atoms with Crippen molar-refractivity contribution in [1.29, 1.82) is 0 Å². The molecule has 3 rings (SSSR count). The molecule has 0 aliphatic rings. The summed E-state index contributed by atoms with van der Waals surface area (Å²) in [6.07, 6.45) is 5.03. The van der Waals surface area contributed by atoms with Crippen molar-refractivity contribution in [2.75, 3.05) is 7.11 Å². The first-order chi connectivity index (χ1) is 10.2. The molecule has 0 bridgehead atoms. The number of hydrogen-bond donors (Lipinski definition) is 0. The van der Waals surface area contributed by atoms with E-state index >= 15 is 0 Å². The SMILES string of the molecule is COC(=O)c1cnn(-c2ccc(F)cc2)c1-n1cccc1. The van der Waals surface area contributed by atoms with E-state index in [-0.39, 0.29) is 5.82 Å². The van der Waals surface area contributed by atoms with Crippen molar-refractivity contribution in [2.45, 2.75) is 0 Å². The van der Waals surface area contributed by atoms with Crippen molar-refractivity contribution in [1.82, 2.24) is 14.3 Å². The predicted molar refractivity (Wildman–Crippen MR) is 74.2 cm³/mol. The monoisotopic (exact) mass is 285 g/mol. The molecule has 0 N–H and O–H groups in total. The van der Waals surface area contributed by atoms with Gasteiger partial charge in [0.25, 0.3) is 0 Å². The quantitative estimate of drug-likeness (QED) is 0.695. The van der Waals surface area contributed by atoms with Crippen LogP contribution in [0.4, 0.5) is 4.39 Å². The highest BCUT2D eigenvalue weighted by Gasteiger charge is 2.20. The summed E-state index contributed by atoms with van der Waals surface area (Å²) < 4.78 is 21.1. The lowest BCUT2D eigenvalue weighted by Gasteiger charge is -2.10. The highest BCUT2D eigenvalue weighted by atomic mass is 19.1. The van der Waals surface area contributed by atoms with Crippen LogP contribution in [0.25, 0.3) is 11.5 Å². The van der Waals surface area contributed by atoms with Crippen LogP contribution >= 0.6 is 0 Å². The molecule has 2 aromatic heterocycles. The van der Waals surface area contributed by atoms with Gasteiger partial charge in [0, 0.05) is 12.4 Å². The standard InChI is InChI=1S/C15H12FN3O2/c1-21-15(20)13-10-17-19(12-6-4-11(16)5-7-12)14(13)18-8-2-3-9-18/h2-10H,1H3. The van der Waals surface area contributed by atoms with E-state index in [1.54, 1.807) is 33.8 Å². The number of aromatic nitrogens is 3. The lowest BCUT2D eigenvalue weighted by molar-refractivity contribution is 0.0600. The van der Waals surface area contributed by atoms with Crippen LogP contribution in [0.3, 0.4) is 0 Å². The Kier molecular flexibility index (Phi) is 3.27. The number of rotatable bonds is 3. The van der Waals surface area contributed by atoms with E-state index in [4.69, 9.17) is 4.74 Å². The van der Waals surface area contributed by atoms with Crippen LogP contribution in [0.2, 0.25) is 0 Å². The van der Waals surface area contributed by atoms with Gasteiger partial charge in [0.2, 0.25) is 0 Å². The normalized spacial score (nSPS) is 10.6. The van der Waals surface area contributed by atoms with E-state index in [0.29, 0.717) is 17.1 Å². The molecule has 0 spiro atoms. The Hall–Kier alpha value is -2.89. The first kappa shape index (κ1) is 13.1. The largest absolute Gasteiger partial charge is 0.465 e. The summed E-state index contributed by atoms with van der Waals surface area (Å²) in [6.45, 7) is 0. The Balaban J connectivity index is 2.19. The number of ether oxygens (including phenoxy) is 1. The van der Waals surface area contributed by atoms with Crippen LogP contribution in [-0.2, 0) is 4.74 Å². The smallest absolute Gasteiger partial charge is 0.343 e. The number of nitrogens with zero attached hydrogens (tertiary/aromatic N) is 3. The highest BCUT2D eigenvalue weighted by molar-refractivity contribution is 5.92. The van der Waals surface area contributed by atoms with Gasteiger partial charge in [0.15, 0.2) is 5.82 Å². The molecule has 0 aliphatic carbocycles. The lowest BCUT2D eigenvalue weighted by Crippen LogP contribution is -2.09. The van der Waals surface area contributed by atoms with Crippen LogP contribution in [0.15, 0.2) is 55.0 Å². The number of halogens is 1. The van der Waals surface area contributed by atoms with Crippen molar-refractivity contribution in [3.8, 4) is 11.5 Å². The van der Waals surface area contributed by atoms with Gasteiger partial charge < -0.3 is 9.30 Å². The summed E-state index contributed by atoms with van der Waals surface area (Å²) in [7, 11) is 1.32. The summed E-state index contributed by atoms with van der Waals surface area (Å²) in [6, 6.07) is 9.54. The van der Waals surface area contributed by atoms with E-state index in [0.717, 1.165) is 0 Å². The first-order valence-corrected chi connectivity index (χ1v) is 6.26. The highest BCUT2D eigenvalue weighted by Crippen LogP contribution is 2.20. The molecule has 0 saturated carbocycles. The molecule has 6 heteroatoms. The fourth-order valence-electron chi connectivity index (χ4n) is 2.09. The number of methoxy groups -OCH3 is 1. The Labute approximate surface area is 120 Å². The van der Waals surface area contributed by atoms with E-state index in [1.807, 2.05) is 12.1 Å². The maximum Gasteiger partial charge on any atom is 0.343 e. The van der Waals surface area contributed by atoms with E-state index in [2.05, 4.69) is 5.10 Å². The molecule has 0 unspecified atom stereocenters. The minimum atomic E-state index is -0.480. The Bertz CT molecular complexity index is 761. The third-order valence-electron chi connectivity index (χ3n) is 3.07. The first-order valence-electron chi connectivity index (χ1n) is 6.26. The Morgan fingerprint density at radius 2 is 1.86 bits per heavy atom. The van der Waals surface area contributed by atoms with Gasteiger partial charge in [-0.1, -0.05) is 0 Å². The van der Waals surface area contributed by atoms with Crippen molar-refractivity contribution < 1.29 is 13.9 Å². The zero-order valence-corrected chi connectivity index (χ0v) is 11.2. The molecule has 0 radical (unpaired) electrons. The minimum absolute atomic E-state index is 0.332. The van der Waals surface area contributed by atoms with Gasteiger partial charge in [0.1, 0.15) is 11.4 Å². The molecule has 1 aromatic carbocycles. The maximum absolute atomic E-state index is 13.1. The van der Waals surface area contributed by atoms with E-state index < -0.39 is 5.97 Å². The second kappa shape index (κ2) is 5.24. The number of esters is 1. The number of benzene rings is 1. The number of hydrogen-bond acceptors (Lipinski definition) is 3. The zero-order valence-electron chi connectivity index (χ0n) is 11.2. The molecule has 0 fully saturated rings. The van der Waals surface area contributed by atoms with Gasteiger partial charge in [-0.3, -0.25) is 0 Å². The van der Waals surface area contributed by atoms with Gasteiger partial charge in [0.05, 0.1) is 19.0 Å². The summed E-state index contributed by atoms with van der Waals surface area (Å²) in [5, 5.41) is 4.21. The second-order valence-corrected chi connectivity index (χ2v) is 4.35. The van der Waals surface area contributed by atoms with Crippen LogP contribution in [0.5, 0.6) is 0 Å². The molecule has 5 nitrogen and oxygen atoms in total. The summed E-state index contributed by atoms with van der Waals surface area (Å²) >= 11 is 0. The molecular weight excluding hydrogens is 273 g/mol. The zero-order chi connectivity index (χ0) is 14.8. The van der Waals surface area contributed by atoms with Crippen molar-refractivity contribution in [3.63, 3.8) is 0 Å². The third-order valence-corrected chi connectivity index (χ3v) is 3.07. The summed E-state index contributed by atoms with van der Waals surface area (Å²) in [5.74, 6) is -0.271. The average molecular weight is 285 g/mol. The molecule has 2 heterocycles. The molecule has 0 atom stereocenters. The van der Waals surface area contributed by atoms with Crippen molar-refractivity contribution >= 4 is 5.97 Å². The summed E-state index contributed by atoms with van der Waals surface area (Å²) in [5.41, 5.74) is 0.980. The van der Waals surface area contributed by atoms with Crippen LogP contribution in [0, 0.1) is 5.82 Å². The maximum atomic E-state index is 13.1. The molecule has 3 aromatic rings. The van der Waals surface area contributed by atoms with Crippen LogP contribution in [0.1, 0.15) is 10.4 Å². The molecule has 0 amide bonds. The molecule has 21 heavy (non-hydrogen) atoms. The van der Waals surface area contributed by atoms with E-state index in [9.17, 15) is 9.18 Å². The van der Waals surface area contributed by atoms with Crippen molar-refractivity contribution in [3.05, 3.63) is 66.4 Å². The van der Waals surface area contributed by atoms with Gasteiger partial charge in [-0.05, 0) is 36.4 Å². The number of carbonyl (C=O) groups is 1. The molecule has 0 aliphatic heterocycles. The fraction of sp³-hybridized carbons (Fsp3) is 0.0667. The Morgan fingerprint density at radius 3 is 2.48 bits per heavy atom. The second-order valence-electron chi connectivity index (χ2n) is 4.35.